The molecule has 0 saturated carbocycles. The molecule has 4 heteroatoms. The van der Waals surface area contributed by atoms with Gasteiger partial charge < -0.3 is 11.1 Å². The van der Waals surface area contributed by atoms with Crippen LogP contribution in [-0.2, 0) is 0 Å². The lowest BCUT2D eigenvalue weighted by Crippen LogP contribution is -2.30. The summed E-state index contributed by atoms with van der Waals surface area (Å²) in [7, 11) is 0. The number of nitrogen functional groups attached to an aromatic ring is 1. The Kier molecular flexibility index (Phi) is 4.49. The lowest BCUT2D eigenvalue weighted by Gasteiger charge is -2.16. The van der Waals surface area contributed by atoms with Gasteiger partial charge in [0.2, 0.25) is 0 Å². The summed E-state index contributed by atoms with van der Waals surface area (Å²) in [6, 6.07) is 3.84. The van der Waals surface area contributed by atoms with Crippen LogP contribution in [0.1, 0.15) is 31.1 Å². The number of hydrogen-bond donors (Lipinski definition) is 2. The highest BCUT2D eigenvalue weighted by molar-refractivity contribution is 5.95. The van der Waals surface area contributed by atoms with Crippen LogP contribution in [0, 0.1) is 17.7 Å². The van der Waals surface area contributed by atoms with Gasteiger partial charge in [0.25, 0.3) is 5.91 Å². The van der Waals surface area contributed by atoms with E-state index in [2.05, 4.69) is 26.1 Å². The van der Waals surface area contributed by atoms with Crippen molar-refractivity contribution in [3.05, 3.63) is 29.6 Å². The van der Waals surface area contributed by atoms with Crippen molar-refractivity contribution < 1.29 is 9.18 Å². The third kappa shape index (κ3) is 4.06. The average molecular weight is 238 g/mol. The lowest BCUT2D eigenvalue weighted by molar-refractivity contribution is 0.0944. The molecule has 0 fully saturated rings. The second-order valence-corrected chi connectivity index (χ2v) is 4.70. The number of hydrogen-bond acceptors (Lipinski definition) is 2. The summed E-state index contributed by atoms with van der Waals surface area (Å²) in [4.78, 5) is 11.7. The van der Waals surface area contributed by atoms with E-state index in [1.54, 1.807) is 0 Å². The second kappa shape index (κ2) is 5.66. The molecular formula is C13H19FN2O. The maximum absolute atomic E-state index is 13.1. The molecule has 3 N–H and O–H groups in total. The fraction of sp³-hybridized carbons (Fsp3) is 0.462. The quantitative estimate of drug-likeness (QED) is 0.791. The normalized spacial score (nSPS) is 12.5. The molecule has 0 aliphatic rings. The van der Waals surface area contributed by atoms with Crippen molar-refractivity contribution in [2.75, 3.05) is 12.3 Å². The molecule has 0 bridgehead atoms. The van der Waals surface area contributed by atoms with Crippen molar-refractivity contribution in [3.8, 4) is 0 Å². The molecule has 1 rings (SSSR count). The number of carbonyl (C=O) groups excluding carboxylic acids is 1. The fourth-order valence-electron chi connectivity index (χ4n) is 1.33. The molecule has 0 spiro atoms. The number of anilines is 1. The first kappa shape index (κ1) is 13.5. The standard InChI is InChI=1S/C13H19FN2O/c1-8(2)9(3)7-16-13(17)10-4-11(14)6-12(15)5-10/h4-6,8-9H,7,15H2,1-3H3,(H,16,17). The summed E-state index contributed by atoms with van der Waals surface area (Å²) >= 11 is 0. The number of amides is 1. The van der Waals surface area contributed by atoms with Crippen LogP contribution >= 0.6 is 0 Å². The molecular weight excluding hydrogens is 219 g/mol. The zero-order valence-corrected chi connectivity index (χ0v) is 10.5. The van der Waals surface area contributed by atoms with Gasteiger partial charge in [-0.2, -0.15) is 0 Å². The number of nitrogens with two attached hydrogens (primary N) is 1. The summed E-state index contributed by atoms with van der Waals surface area (Å²) in [6.45, 7) is 6.83. The first-order chi connectivity index (χ1) is 7.90. The van der Waals surface area contributed by atoms with Crippen LogP contribution in [-0.4, -0.2) is 12.5 Å². The maximum Gasteiger partial charge on any atom is 0.251 e. The molecule has 17 heavy (non-hydrogen) atoms. The van der Waals surface area contributed by atoms with Crippen LogP contribution in [0.15, 0.2) is 18.2 Å². The monoisotopic (exact) mass is 238 g/mol. The fourth-order valence-corrected chi connectivity index (χ4v) is 1.33. The van der Waals surface area contributed by atoms with Crippen molar-refractivity contribution in [2.24, 2.45) is 11.8 Å². The minimum atomic E-state index is -0.493. The molecule has 1 atom stereocenters. The molecule has 0 aliphatic carbocycles. The van der Waals surface area contributed by atoms with Crippen LogP contribution in [0.5, 0.6) is 0 Å². The second-order valence-electron chi connectivity index (χ2n) is 4.70. The Hall–Kier alpha value is -1.58. The SMILES string of the molecule is CC(C)C(C)CNC(=O)c1cc(N)cc(F)c1. The predicted octanol–water partition coefficient (Wildman–Crippen LogP) is 2.43. The first-order valence-electron chi connectivity index (χ1n) is 5.74. The molecule has 0 saturated heterocycles. The smallest absolute Gasteiger partial charge is 0.251 e. The molecule has 0 aromatic heterocycles. The molecule has 1 aromatic carbocycles. The molecule has 0 aliphatic heterocycles. The molecule has 1 unspecified atom stereocenters. The van der Waals surface area contributed by atoms with Crippen LogP contribution < -0.4 is 11.1 Å². The van der Waals surface area contributed by atoms with E-state index in [0.717, 1.165) is 0 Å². The number of halogens is 1. The Morgan fingerprint density at radius 3 is 2.53 bits per heavy atom. The first-order valence-corrected chi connectivity index (χ1v) is 5.74. The minimum Gasteiger partial charge on any atom is -0.399 e. The number of benzene rings is 1. The van der Waals surface area contributed by atoms with Crippen LogP contribution in [0.3, 0.4) is 0 Å². The van der Waals surface area contributed by atoms with Gasteiger partial charge in [0, 0.05) is 17.8 Å². The van der Waals surface area contributed by atoms with Gasteiger partial charge in [0.15, 0.2) is 0 Å². The van der Waals surface area contributed by atoms with Gasteiger partial charge >= 0.3 is 0 Å². The highest BCUT2D eigenvalue weighted by atomic mass is 19.1. The average Bonchev–Trinajstić information content (AvgIpc) is 2.23. The predicted molar refractivity (Wildman–Crippen MR) is 67.1 cm³/mol. The Labute approximate surface area is 101 Å². The van der Waals surface area contributed by atoms with Gasteiger partial charge in [-0.1, -0.05) is 20.8 Å². The summed E-state index contributed by atoms with van der Waals surface area (Å²) in [5, 5.41) is 2.77. The van der Waals surface area contributed by atoms with E-state index in [4.69, 9.17) is 5.73 Å². The number of nitrogens with one attached hydrogen (secondary N) is 1. The van der Waals surface area contributed by atoms with Crippen molar-refractivity contribution >= 4 is 11.6 Å². The highest BCUT2D eigenvalue weighted by Crippen LogP contribution is 2.12. The van der Waals surface area contributed by atoms with Crippen LogP contribution in [0.4, 0.5) is 10.1 Å². The lowest BCUT2D eigenvalue weighted by atomic mass is 9.98. The zero-order chi connectivity index (χ0) is 13.0. The highest BCUT2D eigenvalue weighted by Gasteiger charge is 2.11. The molecule has 94 valence electrons. The van der Waals surface area contributed by atoms with E-state index in [-0.39, 0.29) is 17.2 Å². The third-order valence-electron chi connectivity index (χ3n) is 2.90. The van der Waals surface area contributed by atoms with E-state index in [9.17, 15) is 9.18 Å². The molecule has 0 heterocycles. The third-order valence-corrected chi connectivity index (χ3v) is 2.90. The van der Waals surface area contributed by atoms with Gasteiger partial charge in [0.05, 0.1) is 0 Å². The van der Waals surface area contributed by atoms with Crippen LogP contribution in [0.2, 0.25) is 0 Å². The van der Waals surface area contributed by atoms with E-state index >= 15 is 0 Å². The zero-order valence-electron chi connectivity index (χ0n) is 10.5. The summed E-state index contributed by atoms with van der Waals surface area (Å²) < 4.78 is 13.1. The van der Waals surface area contributed by atoms with E-state index < -0.39 is 5.82 Å². The van der Waals surface area contributed by atoms with E-state index in [1.807, 2.05) is 0 Å². The number of carbonyl (C=O) groups is 1. The van der Waals surface area contributed by atoms with Gasteiger partial charge in [-0.15, -0.1) is 0 Å². The summed E-state index contributed by atoms with van der Waals surface area (Å²) in [5.74, 6) is 0.0912. The Morgan fingerprint density at radius 2 is 2.00 bits per heavy atom. The molecule has 3 nitrogen and oxygen atoms in total. The van der Waals surface area contributed by atoms with E-state index in [1.165, 1.54) is 18.2 Å². The van der Waals surface area contributed by atoms with Crippen molar-refractivity contribution in [1.29, 1.82) is 0 Å². The maximum atomic E-state index is 13.1. The van der Waals surface area contributed by atoms with Gasteiger partial charge in [-0.3, -0.25) is 4.79 Å². The van der Waals surface area contributed by atoms with Crippen LogP contribution in [0.25, 0.3) is 0 Å². The largest absolute Gasteiger partial charge is 0.399 e. The van der Waals surface area contributed by atoms with Gasteiger partial charge in [-0.05, 0) is 30.0 Å². The van der Waals surface area contributed by atoms with Gasteiger partial charge in [-0.25, -0.2) is 4.39 Å². The van der Waals surface area contributed by atoms with Crippen molar-refractivity contribution in [3.63, 3.8) is 0 Å². The Morgan fingerprint density at radius 1 is 1.35 bits per heavy atom. The minimum absolute atomic E-state index is 0.257. The Balaban J connectivity index is 2.64. The molecule has 1 amide bonds. The van der Waals surface area contributed by atoms with Gasteiger partial charge in [0.1, 0.15) is 5.82 Å². The molecule has 0 radical (unpaired) electrons. The topological polar surface area (TPSA) is 55.1 Å². The molecule has 1 aromatic rings. The summed E-state index contributed by atoms with van der Waals surface area (Å²) in [5.41, 5.74) is 6.00. The van der Waals surface area contributed by atoms with Crippen molar-refractivity contribution in [1.82, 2.24) is 5.32 Å². The van der Waals surface area contributed by atoms with E-state index in [0.29, 0.717) is 18.4 Å². The Bertz CT molecular complexity index is 384. The number of rotatable bonds is 4. The van der Waals surface area contributed by atoms with Crippen molar-refractivity contribution in [2.45, 2.75) is 20.8 Å². The summed E-state index contributed by atoms with van der Waals surface area (Å²) in [6.07, 6.45) is 0.